The normalized spacial score (nSPS) is 12.4. The molecule has 0 aliphatic heterocycles. The Hall–Kier alpha value is -1.39. The van der Waals surface area contributed by atoms with Crippen LogP contribution in [0.1, 0.15) is 18.1 Å². The molecule has 16 heavy (non-hydrogen) atoms. The largest absolute Gasteiger partial charge is 0.480 e. The van der Waals surface area contributed by atoms with Crippen molar-refractivity contribution in [3.8, 4) is 0 Å². The summed E-state index contributed by atoms with van der Waals surface area (Å²) in [5.41, 5.74) is 7.86. The average molecular weight is 222 g/mol. The predicted octanol–water partition coefficient (Wildman–Crippen LogP) is 0.750. The van der Waals surface area contributed by atoms with E-state index in [0.29, 0.717) is 6.54 Å². The Kier molecular flexibility index (Phi) is 4.95. The Morgan fingerprint density at radius 2 is 2.06 bits per heavy atom. The molecule has 0 bridgehead atoms. The molecule has 4 heteroatoms. The number of nitrogens with two attached hydrogens (primary N) is 1. The monoisotopic (exact) mass is 222 g/mol. The van der Waals surface area contributed by atoms with Gasteiger partial charge in [-0.05, 0) is 17.5 Å². The summed E-state index contributed by atoms with van der Waals surface area (Å²) in [4.78, 5) is 10.5. The number of hydrogen-bond donors (Lipinski definition) is 3. The van der Waals surface area contributed by atoms with Crippen LogP contribution in [0.2, 0.25) is 0 Å². The van der Waals surface area contributed by atoms with Crippen LogP contribution in [0.5, 0.6) is 0 Å². The van der Waals surface area contributed by atoms with Gasteiger partial charge < -0.3 is 16.2 Å². The zero-order valence-electron chi connectivity index (χ0n) is 9.44. The zero-order valence-corrected chi connectivity index (χ0v) is 9.44. The molecule has 0 saturated heterocycles. The van der Waals surface area contributed by atoms with Gasteiger partial charge in [0.1, 0.15) is 6.04 Å². The molecular formula is C12H18N2O2. The van der Waals surface area contributed by atoms with Crippen LogP contribution in [0.3, 0.4) is 0 Å². The number of nitrogens with one attached hydrogen (secondary N) is 1. The van der Waals surface area contributed by atoms with E-state index in [1.165, 1.54) is 11.1 Å². The molecule has 1 aromatic rings. The minimum atomic E-state index is -0.976. The molecule has 1 unspecified atom stereocenters. The van der Waals surface area contributed by atoms with E-state index >= 15 is 0 Å². The zero-order chi connectivity index (χ0) is 12.0. The molecule has 1 aromatic carbocycles. The van der Waals surface area contributed by atoms with Crippen molar-refractivity contribution in [2.75, 3.05) is 6.54 Å². The van der Waals surface area contributed by atoms with E-state index in [1.54, 1.807) is 0 Å². The maximum Gasteiger partial charge on any atom is 0.321 e. The van der Waals surface area contributed by atoms with Gasteiger partial charge in [-0.25, -0.2) is 0 Å². The molecule has 4 nitrogen and oxygen atoms in total. The van der Waals surface area contributed by atoms with Gasteiger partial charge in [0, 0.05) is 13.1 Å². The third-order valence-electron chi connectivity index (χ3n) is 2.50. The predicted molar refractivity (Wildman–Crippen MR) is 63.1 cm³/mol. The summed E-state index contributed by atoms with van der Waals surface area (Å²) in [6.45, 7) is 3.04. The fourth-order valence-corrected chi connectivity index (χ4v) is 1.52. The molecule has 0 spiro atoms. The molecule has 1 rings (SSSR count). The lowest BCUT2D eigenvalue weighted by atomic mass is 10.1. The van der Waals surface area contributed by atoms with E-state index in [1.807, 2.05) is 18.2 Å². The molecule has 0 heterocycles. The summed E-state index contributed by atoms with van der Waals surface area (Å²) in [7, 11) is 0. The number of aliphatic carboxylic acids is 1. The number of aryl methyl sites for hydroxylation is 1. The van der Waals surface area contributed by atoms with Crippen molar-refractivity contribution >= 4 is 5.97 Å². The fourth-order valence-electron chi connectivity index (χ4n) is 1.52. The van der Waals surface area contributed by atoms with E-state index in [2.05, 4.69) is 18.3 Å². The van der Waals surface area contributed by atoms with Crippen molar-refractivity contribution in [3.05, 3.63) is 35.4 Å². The Bertz CT molecular complexity index is 353. The molecule has 0 fully saturated rings. The van der Waals surface area contributed by atoms with Gasteiger partial charge in [0.2, 0.25) is 0 Å². The van der Waals surface area contributed by atoms with Crippen molar-refractivity contribution in [2.24, 2.45) is 5.73 Å². The SMILES string of the molecule is CCc1ccccc1CNCC(N)C(=O)O. The summed E-state index contributed by atoms with van der Waals surface area (Å²) in [5.74, 6) is -0.976. The minimum absolute atomic E-state index is 0.285. The van der Waals surface area contributed by atoms with E-state index in [0.717, 1.165) is 6.42 Å². The summed E-state index contributed by atoms with van der Waals surface area (Å²) in [5, 5.41) is 11.7. The second-order valence-corrected chi connectivity index (χ2v) is 3.70. The van der Waals surface area contributed by atoms with Crippen LogP contribution in [0.15, 0.2) is 24.3 Å². The third kappa shape index (κ3) is 3.64. The first-order valence-corrected chi connectivity index (χ1v) is 5.41. The first kappa shape index (κ1) is 12.7. The van der Waals surface area contributed by atoms with Gasteiger partial charge in [-0.15, -0.1) is 0 Å². The topological polar surface area (TPSA) is 75.3 Å². The molecule has 0 radical (unpaired) electrons. The highest BCUT2D eigenvalue weighted by Crippen LogP contribution is 2.08. The molecule has 0 aliphatic rings. The maximum absolute atomic E-state index is 10.5. The molecule has 0 aromatic heterocycles. The fraction of sp³-hybridized carbons (Fsp3) is 0.417. The van der Waals surface area contributed by atoms with Gasteiger partial charge >= 0.3 is 5.97 Å². The van der Waals surface area contributed by atoms with Crippen LogP contribution in [-0.4, -0.2) is 23.7 Å². The number of carbonyl (C=O) groups is 1. The van der Waals surface area contributed by atoms with Gasteiger partial charge in [0.05, 0.1) is 0 Å². The van der Waals surface area contributed by atoms with Crippen LogP contribution in [0.25, 0.3) is 0 Å². The Morgan fingerprint density at radius 1 is 1.44 bits per heavy atom. The number of carboxylic acids is 1. The molecule has 1 atom stereocenters. The second kappa shape index (κ2) is 6.25. The van der Waals surface area contributed by atoms with Crippen LogP contribution in [0, 0.1) is 0 Å². The standard InChI is InChI=1S/C12H18N2O2/c1-2-9-5-3-4-6-10(9)7-14-8-11(13)12(15)16/h3-6,11,14H,2,7-8,13H2,1H3,(H,15,16). The first-order valence-electron chi connectivity index (χ1n) is 5.41. The third-order valence-corrected chi connectivity index (χ3v) is 2.50. The Balaban J connectivity index is 2.45. The van der Waals surface area contributed by atoms with Gasteiger partial charge in [0.15, 0.2) is 0 Å². The molecule has 0 aliphatic carbocycles. The molecule has 0 amide bonds. The molecule has 88 valence electrons. The summed E-state index contributed by atoms with van der Waals surface area (Å²) in [6.07, 6.45) is 0.975. The number of hydrogen-bond acceptors (Lipinski definition) is 3. The summed E-state index contributed by atoms with van der Waals surface area (Å²) >= 11 is 0. The van der Waals surface area contributed by atoms with Crippen molar-refractivity contribution in [3.63, 3.8) is 0 Å². The minimum Gasteiger partial charge on any atom is -0.480 e. The number of carboxylic acid groups (broad SMARTS) is 1. The Labute approximate surface area is 95.5 Å². The van der Waals surface area contributed by atoms with E-state index in [4.69, 9.17) is 10.8 Å². The number of rotatable bonds is 6. The van der Waals surface area contributed by atoms with Crippen LogP contribution in [0.4, 0.5) is 0 Å². The average Bonchev–Trinajstić information content (AvgIpc) is 2.29. The molecule has 0 saturated carbocycles. The first-order chi connectivity index (χ1) is 7.65. The molecule has 4 N–H and O–H groups in total. The smallest absolute Gasteiger partial charge is 0.321 e. The van der Waals surface area contributed by atoms with Gasteiger partial charge in [-0.2, -0.15) is 0 Å². The highest BCUT2D eigenvalue weighted by Gasteiger charge is 2.10. The number of benzene rings is 1. The Morgan fingerprint density at radius 3 is 2.62 bits per heavy atom. The van der Waals surface area contributed by atoms with E-state index < -0.39 is 12.0 Å². The lowest BCUT2D eigenvalue weighted by Gasteiger charge is -2.11. The highest BCUT2D eigenvalue weighted by atomic mass is 16.4. The summed E-state index contributed by atoms with van der Waals surface area (Å²) in [6, 6.07) is 7.26. The van der Waals surface area contributed by atoms with Crippen LogP contribution < -0.4 is 11.1 Å². The van der Waals surface area contributed by atoms with Crippen LogP contribution in [-0.2, 0) is 17.8 Å². The maximum atomic E-state index is 10.5. The quantitative estimate of drug-likeness (QED) is 0.664. The van der Waals surface area contributed by atoms with Gasteiger partial charge in [-0.3, -0.25) is 4.79 Å². The lowest BCUT2D eigenvalue weighted by Crippen LogP contribution is -2.40. The van der Waals surface area contributed by atoms with Crippen molar-refractivity contribution < 1.29 is 9.90 Å². The highest BCUT2D eigenvalue weighted by molar-refractivity contribution is 5.73. The summed E-state index contributed by atoms with van der Waals surface area (Å²) < 4.78 is 0. The van der Waals surface area contributed by atoms with Crippen molar-refractivity contribution in [2.45, 2.75) is 25.9 Å². The lowest BCUT2D eigenvalue weighted by molar-refractivity contribution is -0.138. The van der Waals surface area contributed by atoms with E-state index in [9.17, 15) is 4.79 Å². The van der Waals surface area contributed by atoms with Gasteiger partial charge in [0.25, 0.3) is 0 Å². The van der Waals surface area contributed by atoms with Crippen molar-refractivity contribution in [1.82, 2.24) is 5.32 Å². The second-order valence-electron chi connectivity index (χ2n) is 3.70. The van der Waals surface area contributed by atoms with Gasteiger partial charge in [-0.1, -0.05) is 31.2 Å². The van der Waals surface area contributed by atoms with Crippen LogP contribution >= 0.6 is 0 Å². The van der Waals surface area contributed by atoms with E-state index in [-0.39, 0.29) is 6.54 Å². The van der Waals surface area contributed by atoms with Crippen molar-refractivity contribution in [1.29, 1.82) is 0 Å². The molecular weight excluding hydrogens is 204 g/mol.